The number of amides is 1. The first kappa shape index (κ1) is 11.7. The van der Waals surface area contributed by atoms with Gasteiger partial charge in [0.1, 0.15) is 11.3 Å². The first-order valence-electron chi connectivity index (χ1n) is 6.47. The number of carbonyl (C=O) groups is 1. The molecule has 2 bridgehead atoms. The topological polar surface area (TPSA) is 55.6 Å². The second-order valence-corrected chi connectivity index (χ2v) is 5.22. The monoisotopic (exact) mass is 250 g/mol. The number of methoxy groups -OCH3 is 1. The molecular formula is C13H18N2O3. The van der Waals surface area contributed by atoms with E-state index < -0.39 is 0 Å². The highest BCUT2D eigenvalue weighted by Crippen LogP contribution is 2.37. The number of carbonyl (C=O) groups excluding carboxylic acids is 1. The zero-order valence-corrected chi connectivity index (χ0v) is 10.8. The highest BCUT2D eigenvalue weighted by molar-refractivity contribution is 5.95. The second-order valence-electron chi connectivity index (χ2n) is 5.22. The van der Waals surface area contributed by atoms with Gasteiger partial charge in [-0.3, -0.25) is 4.79 Å². The molecular weight excluding hydrogens is 232 g/mol. The van der Waals surface area contributed by atoms with Crippen LogP contribution in [0.2, 0.25) is 0 Å². The maximum absolute atomic E-state index is 12.5. The number of ether oxygens (including phenoxy) is 1. The summed E-state index contributed by atoms with van der Waals surface area (Å²) < 4.78 is 10.4. The van der Waals surface area contributed by atoms with Crippen molar-refractivity contribution >= 4 is 5.91 Å². The Balaban J connectivity index is 1.82. The van der Waals surface area contributed by atoms with Crippen LogP contribution in [0.4, 0.5) is 0 Å². The summed E-state index contributed by atoms with van der Waals surface area (Å²) in [7, 11) is 1.76. The Morgan fingerprint density at radius 2 is 2.11 bits per heavy atom. The molecule has 0 N–H and O–H groups in total. The van der Waals surface area contributed by atoms with Crippen LogP contribution in [0.3, 0.4) is 0 Å². The molecule has 1 aromatic rings. The lowest BCUT2D eigenvalue weighted by Crippen LogP contribution is -2.48. The summed E-state index contributed by atoms with van der Waals surface area (Å²) in [5.41, 5.74) is 0.600. The molecule has 98 valence electrons. The fourth-order valence-electron chi connectivity index (χ4n) is 3.29. The average molecular weight is 250 g/mol. The number of piperidine rings is 1. The quantitative estimate of drug-likeness (QED) is 0.802. The number of fused-ring (bicyclic) bond motifs is 2. The fraction of sp³-hybridized carbons (Fsp3) is 0.692. The summed E-state index contributed by atoms with van der Waals surface area (Å²) in [4.78, 5) is 14.5. The van der Waals surface area contributed by atoms with E-state index in [9.17, 15) is 4.79 Å². The van der Waals surface area contributed by atoms with Crippen LogP contribution in [0.25, 0.3) is 0 Å². The zero-order chi connectivity index (χ0) is 12.7. The first-order chi connectivity index (χ1) is 8.70. The van der Waals surface area contributed by atoms with Crippen molar-refractivity contribution in [3.05, 3.63) is 17.5 Å². The van der Waals surface area contributed by atoms with Gasteiger partial charge in [-0.1, -0.05) is 5.16 Å². The van der Waals surface area contributed by atoms with Crippen molar-refractivity contribution < 1.29 is 14.1 Å². The van der Waals surface area contributed by atoms with E-state index in [2.05, 4.69) is 5.16 Å². The minimum atomic E-state index is 0.0656. The van der Waals surface area contributed by atoms with Crippen LogP contribution < -0.4 is 0 Å². The van der Waals surface area contributed by atoms with Gasteiger partial charge in [-0.25, -0.2) is 0 Å². The Morgan fingerprint density at radius 3 is 2.61 bits per heavy atom. The molecule has 2 aliphatic heterocycles. The Labute approximate surface area is 106 Å². The van der Waals surface area contributed by atoms with Crippen molar-refractivity contribution in [2.75, 3.05) is 7.11 Å². The lowest BCUT2D eigenvalue weighted by atomic mass is 9.98. The van der Waals surface area contributed by atoms with Gasteiger partial charge in [0.15, 0.2) is 0 Å². The predicted octanol–water partition coefficient (Wildman–Crippen LogP) is 1.77. The second kappa shape index (κ2) is 4.39. The van der Waals surface area contributed by atoms with E-state index in [1.54, 1.807) is 14.0 Å². The number of rotatable bonds is 2. The number of aryl methyl sites for hydroxylation is 1. The molecule has 5 nitrogen and oxygen atoms in total. The molecule has 1 aromatic heterocycles. The number of hydrogen-bond donors (Lipinski definition) is 0. The van der Waals surface area contributed by atoms with Gasteiger partial charge in [-0.15, -0.1) is 0 Å². The summed E-state index contributed by atoms with van der Waals surface area (Å²) in [6, 6.07) is 0.631. The Morgan fingerprint density at radius 1 is 1.44 bits per heavy atom. The predicted molar refractivity (Wildman–Crippen MR) is 64.3 cm³/mol. The average Bonchev–Trinajstić information content (AvgIpc) is 2.90. The lowest BCUT2D eigenvalue weighted by Gasteiger charge is -2.38. The summed E-state index contributed by atoms with van der Waals surface area (Å²) in [6.07, 6.45) is 5.89. The summed E-state index contributed by atoms with van der Waals surface area (Å²) in [6.45, 7) is 1.78. The Hall–Kier alpha value is -1.36. The Kier molecular flexibility index (Phi) is 2.86. The van der Waals surface area contributed by atoms with Crippen LogP contribution in [-0.4, -0.2) is 41.3 Å². The van der Waals surface area contributed by atoms with Gasteiger partial charge in [0.25, 0.3) is 5.91 Å². The van der Waals surface area contributed by atoms with Crippen LogP contribution in [0.1, 0.15) is 41.8 Å². The van der Waals surface area contributed by atoms with E-state index in [4.69, 9.17) is 9.26 Å². The minimum Gasteiger partial charge on any atom is -0.381 e. The number of nitrogens with zero attached hydrogens (tertiary/aromatic N) is 2. The lowest BCUT2D eigenvalue weighted by molar-refractivity contribution is 0.00815. The van der Waals surface area contributed by atoms with Crippen molar-refractivity contribution in [3.63, 3.8) is 0 Å². The summed E-state index contributed by atoms with van der Waals surface area (Å²) >= 11 is 0. The van der Waals surface area contributed by atoms with E-state index in [1.165, 1.54) is 6.20 Å². The van der Waals surface area contributed by atoms with Crippen molar-refractivity contribution in [2.45, 2.75) is 50.8 Å². The molecule has 2 aliphatic rings. The molecule has 2 fully saturated rings. The molecule has 2 unspecified atom stereocenters. The third kappa shape index (κ3) is 1.73. The standard InChI is InChI=1S/C13H18N2O3/c1-8-12(7-14-18-8)13(16)15-9-3-4-10(15)6-11(5-9)17-2/h7,9-11H,3-6H2,1-2H3. The fourth-order valence-corrected chi connectivity index (χ4v) is 3.29. The van der Waals surface area contributed by atoms with Gasteiger partial charge in [0, 0.05) is 19.2 Å². The van der Waals surface area contributed by atoms with E-state index in [-0.39, 0.29) is 5.91 Å². The highest BCUT2D eigenvalue weighted by atomic mass is 16.5. The van der Waals surface area contributed by atoms with Crippen molar-refractivity contribution in [3.8, 4) is 0 Å². The highest BCUT2D eigenvalue weighted by Gasteiger charge is 2.44. The van der Waals surface area contributed by atoms with Gasteiger partial charge < -0.3 is 14.2 Å². The van der Waals surface area contributed by atoms with Crippen LogP contribution in [0.5, 0.6) is 0 Å². The van der Waals surface area contributed by atoms with E-state index in [0.29, 0.717) is 29.5 Å². The minimum absolute atomic E-state index is 0.0656. The van der Waals surface area contributed by atoms with Crippen molar-refractivity contribution in [2.24, 2.45) is 0 Å². The van der Waals surface area contributed by atoms with Gasteiger partial charge in [0.05, 0.1) is 12.3 Å². The first-order valence-corrected chi connectivity index (χ1v) is 6.47. The normalized spacial score (nSPS) is 30.8. The van der Waals surface area contributed by atoms with Crippen LogP contribution >= 0.6 is 0 Å². The largest absolute Gasteiger partial charge is 0.381 e. The molecule has 18 heavy (non-hydrogen) atoms. The zero-order valence-electron chi connectivity index (χ0n) is 10.8. The van der Waals surface area contributed by atoms with E-state index >= 15 is 0 Å². The van der Waals surface area contributed by atoms with E-state index in [0.717, 1.165) is 25.7 Å². The molecule has 0 spiro atoms. The Bertz CT molecular complexity index is 443. The van der Waals surface area contributed by atoms with Gasteiger partial charge >= 0.3 is 0 Å². The molecule has 3 rings (SSSR count). The summed E-state index contributed by atoms with van der Waals surface area (Å²) in [5.74, 6) is 0.670. The van der Waals surface area contributed by atoms with Crippen molar-refractivity contribution in [1.29, 1.82) is 0 Å². The molecule has 0 aromatic carbocycles. The molecule has 0 saturated carbocycles. The summed E-state index contributed by atoms with van der Waals surface area (Å²) in [5, 5.41) is 3.69. The van der Waals surface area contributed by atoms with Crippen LogP contribution in [0.15, 0.2) is 10.7 Å². The maximum atomic E-state index is 12.5. The van der Waals surface area contributed by atoms with Crippen LogP contribution in [-0.2, 0) is 4.74 Å². The molecule has 5 heteroatoms. The van der Waals surface area contributed by atoms with Gasteiger partial charge in [-0.05, 0) is 32.6 Å². The molecule has 0 aliphatic carbocycles. The van der Waals surface area contributed by atoms with Gasteiger partial charge in [0.2, 0.25) is 0 Å². The number of hydrogen-bond acceptors (Lipinski definition) is 4. The van der Waals surface area contributed by atoms with Crippen LogP contribution in [0, 0.1) is 6.92 Å². The van der Waals surface area contributed by atoms with Crippen molar-refractivity contribution in [1.82, 2.24) is 10.1 Å². The third-order valence-electron chi connectivity index (χ3n) is 4.24. The molecule has 3 heterocycles. The third-order valence-corrected chi connectivity index (χ3v) is 4.24. The molecule has 0 radical (unpaired) electrons. The smallest absolute Gasteiger partial charge is 0.259 e. The number of aromatic nitrogens is 1. The maximum Gasteiger partial charge on any atom is 0.259 e. The van der Waals surface area contributed by atoms with E-state index in [1.807, 2.05) is 4.90 Å². The molecule has 1 amide bonds. The molecule has 2 saturated heterocycles. The molecule has 2 atom stereocenters. The SMILES string of the molecule is COC1CC2CCC(C1)N2C(=O)c1cnoc1C. The van der Waals surface area contributed by atoms with Gasteiger partial charge in [-0.2, -0.15) is 0 Å².